The molecule has 3 heteroatoms. The van der Waals surface area contributed by atoms with Gasteiger partial charge in [0.1, 0.15) is 0 Å². The van der Waals surface area contributed by atoms with Gasteiger partial charge in [-0.2, -0.15) is 0 Å². The lowest BCUT2D eigenvalue weighted by atomic mass is 9.86. The number of nitrogens with one attached hydrogen (secondary N) is 1. The first-order chi connectivity index (χ1) is 7.49. The van der Waals surface area contributed by atoms with Gasteiger partial charge < -0.3 is 15.3 Å². The van der Waals surface area contributed by atoms with E-state index in [4.69, 9.17) is 5.11 Å². The third-order valence-corrected chi connectivity index (χ3v) is 3.38. The highest BCUT2D eigenvalue weighted by Crippen LogP contribution is 2.22. The molecule has 0 spiro atoms. The molecule has 0 aliphatic rings. The number of hydrogen-bond acceptors (Lipinski definition) is 3. The summed E-state index contributed by atoms with van der Waals surface area (Å²) in [6.07, 6.45) is 2.05. The lowest BCUT2D eigenvalue weighted by Gasteiger charge is -2.37. The molecular weight excluding hydrogens is 200 g/mol. The van der Waals surface area contributed by atoms with E-state index < -0.39 is 0 Å². The van der Waals surface area contributed by atoms with Crippen LogP contribution in [0.1, 0.15) is 40.5 Å². The van der Waals surface area contributed by atoms with E-state index >= 15 is 0 Å². The van der Waals surface area contributed by atoms with Crippen molar-refractivity contribution in [1.82, 2.24) is 10.2 Å². The van der Waals surface area contributed by atoms with Gasteiger partial charge in [0.15, 0.2) is 0 Å². The smallest absolute Gasteiger partial charge is 0.0443 e. The normalized spacial score (nSPS) is 15.8. The molecule has 1 unspecified atom stereocenters. The average Bonchev–Trinajstić information content (AvgIpc) is 2.24. The highest BCUT2D eigenvalue weighted by Gasteiger charge is 2.25. The molecule has 0 aromatic carbocycles. The predicted molar refractivity (Wildman–Crippen MR) is 70.7 cm³/mol. The summed E-state index contributed by atoms with van der Waals surface area (Å²) in [7, 11) is 2.02. The van der Waals surface area contributed by atoms with Crippen molar-refractivity contribution < 1.29 is 5.11 Å². The van der Waals surface area contributed by atoms with Crippen LogP contribution in [0.15, 0.2) is 0 Å². The van der Waals surface area contributed by atoms with Crippen molar-refractivity contribution in [2.24, 2.45) is 5.41 Å². The van der Waals surface area contributed by atoms with E-state index in [0.29, 0.717) is 11.5 Å². The molecule has 0 heterocycles. The van der Waals surface area contributed by atoms with Gasteiger partial charge in [-0.25, -0.2) is 0 Å². The second-order valence-corrected chi connectivity index (χ2v) is 5.34. The Kier molecular flexibility index (Phi) is 7.98. The van der Waals surface area contributed by atoms with Gasteiger partial charge in [0.25, 0.3) is 0 Å². The zero-order valence-corrected chi connectivity index (χ0v) is 11.7. The van der Waals surface area contributed by atoms with Crippen molar-refractivity contribution >= 4 is 0 Å². The first-order valence-corrected chi connectivity index (χ1v) is 6.48. The maximum Gasteiger partial charge on any atom is 0.0443 e. The second kappa shape index (κ2) is 8.04. The number of aliphatic hydroxyl groups is 1. The summed E-state index contributed by atoms with van der Waals surface area (Å²) in [6, 6.07) is 0.550. The predicted octanol–water partition coefficient (Wildman–Crippen LogP) is 1.71. The van der Waals surface area contributed by atoms with Crippen LogP contribution in [0.5, 0.6) is 0 Å². The van der Waals surface area contributed by atoms with Crippen molar-refractivity contribution in [3.8, 4) is 0 Å². The maximum atomic E-state index is 8.92. The third kappa shape index (κ3) is 5.83. The van der Waals surface area contributed by atoms with Crippen LogP contribution in [0, 0.1) is 5.41 Å². The fraction of sp³-hybridized carbons (Fsp3) is 1.00. The van der Waals surface area contributed by atoms with E-state index in [9.17, 15) is 0 Å². The zero-order valence-electron chi connectivity index (χ0n) is 11.7. The molecule has 0 aliphatic heterocycles. The molecule has 0 rings (SSSR count). The van der Waals surface area contributed by atoms with Crippen LogP contribution in [-0.2, 0) is 0 Å². The van der Waals surface area contributed by atoms with Gasteiger partial charge >= 0.3 is 0 Å². The molecule has 0 bridgehead atoms. The number of hydrogen-bond donors (Lipinski definition) is 2. The lowest BCUT2D eigenvalue weighted by Crippen LogP contribution is -2.44. The Morgan fingerprint density at radius 3 is 2.38 bits per heavy atom. The second-order valence-electron chi connectivity index (χ2n) is 5.34. The molecule has 98 valence electrons. The molecule has 0 saturated carbocycles. The Hall–Kier alpha value is -0.120. The van der Waals surface area contributed by atoms with Gasteiger partial charge in [0.2, 0.25) is 0 Å². The summed E-state index contributed by atoms with van der Waals surface area (Å²) in [5.41, 5.74) is 0.328. The summed E-state index contributed by atoms with van der Waals surface area (Å²) >= 11 is 0. The van der Waals surface area contributed by atoms with E-state index in [1.165, 1.54) is 6.42 Å². The van der Waals surface area contributed by atoms with Gasteiger partial charge in [-0.15, -0.1) is 0 Å². The largest absolute Gasteiger partial charge is 0.396 e. The minimum Gasteiger partial charge on any atom is -0.396 e. The summed E-state index contributed by atoms with van der Waals surface area (Å²) in [6.45, 7) is 12.5. The number of rotatable bonds is 9. The zero-order chi connectivity index (χ0) is 12.6. The minimum atomic E-state index is 0.290. The fourth-order valence-electron chi connectivity index (χ4n) is 2.00. The van der Waals surface area contributed by atoms with Crippen molar-refractivity contribution in [2.75, 3.05) is 33.3 Å². The molecular formula is C13H30N2O. The van der Waals surface area contributed by atoms with Crippen LogP contribution < -0.4 is 5.32 Å². The van der Waals surface area contributed by atoms with Crippen molar-refractivity contribution in [3.05, 3.63) is 0 Å². The summed E-state index contributed by atoms with van der Waals surface area (Å²) < 4.78 is 0. The van der Waals surface area contributed by atoms with Crippen LogP contribution in [0.3, 0.4) is 0 Å². The van der Waals surface area contributed by atoms with Gasteiger partial charge in [-0.3, -0.25) is 0 Å². The van der Waals surface area contributed by atoms with Gasteiger partial charge in [0, 0.05) is 32.3 Å². The van der Waals surface area contributed by atoms with Crippen molar-refractivity contribution in [1.29, 1.82) is 0 Å². The van der Waals surface area contributed by atoms with Crippen LogP contribution in [-0.4, -0.2) is 49.3 Å². The Balaban J connectivity index is 4.33. The first kappa shape index (κ1) is 15.9. The van der Waals surface area contributed by atoms with Gasteiger partial charge in [-0.05, 0) is 39.2 Å². The van der Waals surface area contributed by atoms with Crippen molar-refractivity contribution in [3.63, 3.8) is 0 Å². The minimum absolute atomic E-state index is 0.290. The molecule has 0 saturated heterocycles. The molecule has 0 amide bonds. The first-order valence-electron chi connectivity index (χ1n) is 6.48. The monoisotopic (exact) mass is 230 g/mol. The van der Waals surface area contributed by atoms with Crippen molar-refractivity contribution in [2.45, 2.75) is 46.6 Å². The van der Waals surface area contributed by atoms with E-state index in [-0.39, 0.29) is 6.61 Å². The number of aliphatic hydroxyl groups excluding tert-OH is 1. The van der Waals surface area contributed by atoms with Crippen LogP contribution in [0.25, 0.3) is 0 Å². The summed E-state index contributed by atoms with van der Waals surface area (Å²) in [5, 5.41) is 12.2. The molecule has 0 aliphatic carbocycles. The fourth-order valence-corrected chi connectivity index (χ4v) is 2.00. The summed E-state index contributed by atoms with van der Waals surface area (Å²) in [4.78, 5) is 2.47. The maximum absolute atomic E-state index is 8.92. The molecule has 0 aromatic rings. The molecule has 0 radical (unpaired) electrons. The quantitative estimate of drug-likeness (QED) is 0.633. The van der Waals surface area contributed by atoms with E-state index in [1.807, 2.05) is 7.05 Å². The average molecular weight is 230 g/mol. The Morgan fingerprint density at radius 2 is 2.00 bits per heavy atom. The SMILES string of the molecule is CCC(C)(CNC)CN(CCCO)C(C)C. The Morgan fingerprint density at radius 1 is 1.38 bits per heavy atom. The molecule has 16 heavy (non-hydrogen) atoms. The standard InChI is InChI=1S/C13H30N2O/c1-6-13(4,10-14-5)11-15(12(2)3)8-7-9-16/h12,14,16H,6-11H2,1-5H3. The summed E-state index contributed by atoms with van der Waals surface area (Å²) in [5.74, 6) is 0. The number of nitrogens with zero attached hydrogens (tertiary/aromatic N) is 1. The highest BCUT2D eigenvalue weighted by molar-refractivity contribution is 4.80. The molecule has 0 aromatic heterocycles. The van der Waals surface area contributed by atoms with Crippen LogP contribution in [0.4, 0.5) is 0 Å². The van der Waals surface area contributed by atoms with Gasteiger partial charge in [0.05, 0.1) is 0 Å². The lowest BCUT2D eigenvalue weighted by molar-refractivity contribution is 0.119. The molecule has 2 N–H and O–H groups in total. The van der Waals surface area contributed by atoms with E-state index in [2.05, 4.69) is 37.9 Å². The van der Waals surface area contributed by atoms with E-state index in [0.717, 1.165) is 26.1 Å². The Labute approximate surface area is 101 Å². The highest BCUT2D eigenvalue weighted by atomic mass is 16.3. The molecule has 1 atom stereocenters. The molecule has 0 fully saturated rings. The van der Waals surface area contributed by atoms with E-state index in [1.54, 1.807) is 0 Å². The van der Waals surface area contributed by atoms with Crippen LogP contribution >= 0.6 is 0 Å². The Bertz CT molecular complexity index is 173. The van der Waals surface area contributed by atoms with Crippen LogP contribution in [0.2, 0.25) is 0 Å². The third-order valence-electron chi connectivity index (χ3n) is 3.38. The topological polar surface area (TPSA) is 35.5 Å². The molecule has 3 nitrogen and oxygen atoms in total. The van der Waals surface area contributed by atoms with Gasteiger partial charge in [-0.1, -0.05) is 13.8 Å².